The van der Waals surface area contributed by atoms with Crippen molar-refractivity contribution in [1.82, 2.24) is 46.9 Å². The van der Waals surface area contributed by atoms with E-state index in [1.165, 1.54) is 0 Å². The minimum absolute atomic E-state index is 0.224. The van der Waals surface area contributed by atoms with Gasteiger partial charge in [0.25, 0.3) is 17.7 Å². The Hall–Kier alpha value is -7.11. The van der Waals surface area contributed by atoms with E-state index >= 15 is 0 Å². The van der Waals surface area contributed by atoms with E-state index in [-0.39, 0.29) is 35.3 Å². The molecule has 6 N–H and O–H groups in total. The number of hydrogen-bond donors (Lipinski definition) is 6. The lowest BCUT2D eigenvalue weighted by Gasteiger charge is -2.12. The van der Waals surface area contributed by atoms with Gasteiger partial charge in [-0.15, -0.1) is 15.0 Å². The zero-order chi connectivity index (χ0) is 33.4. The van der Waals surface area contributed by atoms with Gasteiger partial charge in [0, 0.05) is 0 Å². The third-order valence-electron chi connectivity index (χ3n) is 7.16. The molecule has 3 unspecified atom stereocenters. The van der Waals surface area contributed by atoms with E-state index in [0.717, 1.165) is 0 Å². The summed E-state index contributed by atoms with van der Waals surface area (Å²) in [4.78, 5) is 83.2. The molecule has 1 aromatic heterocycles. The summed E-state index contributed by atoms with van der Waals surface area (Å²) in [6.07, 6.45) is 0. The molecule has 3 saturated heterocycles. The first-order chi connectivity index (χ1) is 23.2. The van der Waals surface area contributed by atoms with E-state index < -0.39 is 53.9 Å². The molecule has 3 aliphatic heterocycles. The van der Waals surface area contributed by atoms with Crippen LogP contribution in [0, 0.1) is 0 Å². The number of nitrogens with one attached hydrogen (secondary N) is 6. The minimum atomic E-state index is -0.847. The molecule has 240 valence electrons. The van der Waals surface area contributed by atoms with Gasteiger partial charge < -0.3 is 30.2 Å². The Bertz CT molecular complexity index is 1750. The van der Waals surface area contributed by atoms with Crippen LogP contribution in [0.15, 0.2) is 72.8 Å². The van der Waals surface area contributed by atoms with Gasteiger partial charge in [0.05, 0.1) is 0 Å². The number of aromatic nitrogens is 3. The monoisotopic (exact) mass is 651 g/mol. The van der Waals surface area contributed by atoms with Crippen LogP contribution in [-0.4, -0.2) is 50.8 Å². The molecule has 9 amide bonds. The molecule has 3 atom stereocenters. The molecule has 7 rings (SSSR count). The summed E-state index contributed by atoms with van der Waals surface area (Å²) < 4.78 is 17.5. The molecule has 0 aliphatic carbocycles. The zero-order valence-electron chi connectivity index (χ0n) is 24.2. The maximum atomic E-state index is 12.0. The highest BCUT2D eigenvalue weighted by Crippen LogP contribution is 2.30. The Balaban J connectivity index is 1.12. The van der Waals surface area contributed by atoms with Gasteiger partial charge in [-0.1, -0.05) is 36.4 Å². The fourth-order valence-corrected chi connectivity index (χ4v) is 4.91. The first-order valence-electron chi connectivity index (χ1n) is 14.1. The fraction of sp³-hybridized carbons (Fsp3) is 0.100. The predicted octanol–water partition coefficient (Wildman–Crippen LogP) is 1.89. The number of nitrogens with zero attached hydrogens (tertiary/aromatic N) is 3. The van der Waals surface area contributed by atoms with E-state index in [2.05, 4.69) is 46.9 Å². The van der Waals surface area contributed by atoms with Crippen molar-refractivity contribution in [3.8, 4) is 35.3 Å². The van der Waals surface area contributed by atoms with Gasteiger partial charge in [0.2, 0.25) is 0 Å². The van der Waals surface area contributed by atoms with Gasteiger partial charge in [-0.2, -0.15) is 0 Å². The molecule has 3 fully saturated rings. The van der Waals surface area contributed by atoms with Gasteiger partial charge in [0.1, 0.15) is 35.4 Å². The first kappa shape index (κ1) is 29.6. The Morgan fingerprint density at radius 2 is 0.646 bits per heavy atom. The Morgan fingerprint density at radius 3 is 0.854 bits per heavy atom. The highest BCUT2D eigenvalue weighted by Gasteiger charge is 2.32. The number of imide groups is 3. The van der Waals surface area contributed by atoms with Crippen LogP contribution in [0.4, 0.5) is 14.4 Å². The second-order valence-corrected chi connectivity index (χ2v) is 10.4. The van der Waals surface area contributed by atoms with E-state index in [9.17, 15) is 28.8 Å². The number of ether oxygens (including phenoxy) is 3. The summed E-state index contributed by atoms with van der Waals surface area (Å²) in [5.41, 5.74) is 1.56. The molecule has 4 heterocycles. The molecule has 0 bridgehead atoms. The van der Waals surface area contributed by atoms with Crippen LogP contribution in [0.3, 0.4) is 0 Å². The molecule has 18 heteroatoms. The predicted molar refractivity (Wildman–Crippen MR) is 158 cm³/mol. The quantitative estimate of drug-likeness (QED) is 0.142. The SMILES string of the molecule is O=C1NC(=O)C(c2ccc(Oc3nc(Oc4ccc(C5NC(=O)NC5=O)cc4)nc(Oc4ccc(C5NC(=O)NC5=O)cc4)n3)cc2)N1. The van der Waals surface area contributed by atoms with Gasteiger partial charge in [-0.05, 0) is 53.1 Å². The van der Waals surface area contributed by atoms with Crippen molar-refractivity contribution in [3.63, 3.8) is 0 Å². The van der Waals surface area contributed by atoms with E-state index in [0.29, 0.717) is 16.7 Å². The minimum Gasteiger partial charge on any atom is -0.424 e. The average Bonchev–Trinajstić information content (AvgIpc) is 3.71. The summed E-state index contributed by atoms with van der Waals surface area (Å²) in [6, 6.07) is 13.8. The van der Waals surface area contributed by atoms with Gasteiger partial charge in [-0.3, -0.25) is 30.3 Å². The number of benzene rings is 3. The van der Waals surface area contributed by atoms with Crippen molar-refractivity contribution < 1.29 is 43.0 Å². The molecule has 0 radical (unpaired) electrons. The molecule has 3 aromatic carbocycles. The van der Waals surface area contributed by atoms with Crippen molar-refractivity contribution in [2.75, 3.05) is 0 Å². The smallest absolute Gasteiger partial charge is 0.331 e. The highest BCUT2D eigenvalue weighted by molar-refractivity contribution is 6.05. The van der Waals surface area contributed by atoms with Crippen LogP contribution < -0.4 is 46.1 Å². The van der Waals surface area contributed by atoms with E-state index in [1.54, 1.807) is 72.8 Å². The van der Waals surface area contributed by atoms with Crippen molar-refractivity contribution in [2.45, 2.75) is 18.1 Å². The number of carbonyl (C=O) groups excluding carboxylic acids is 6. The first-order valence-corrected chi connectivity index (χ1v) is 14.1. The largest absolute Gasteiger partial charge is 0.424 e. The van der Waals surface area contributed by atoms with Crippen molar-refractivity contribution in [2.24, 2.45) is 0 Å². The Kier molecular flexibility index (Phi) is 7.40. The van der Waals surface area contributed by atoms with E-state index in [1.807, 2.05) is 0 Å². The fourth-order valence-electron chi connectivity index (χ4n) is 4.91. The molecule has 18 nitrogen and oxygen atoms in total. The third kappa shape index (κ3) is 6.20. The van der Waals surface area contributed by atoms with Gasteiger partial charge in [0.15, 0.2) is 0 Å². The normalized spacial score (nSPS) is 19.9. The summed E-state index contributed by atoms with van der Waals surface area (Å²) in [5.74, 6) is -0.632. The number of urea groups is 3. The second kappa shape index (κ2) is 12.0. The Labute approximate surface area is 268 Å². The summed E-state index contributed by atoms with van der Waals surface area (Å²) in [5, 5.41) is 14.1. The molecule has 0 spiro atoms. The maximum absolute atomic E-state index is 12.0. The number of rotatable bonds is 9. The second-order valence-electron chi connectivity index (χ2n) is 10.4. The van der Waals surface area contributed by atoms with Crippen LogP contribution in [0.2, 0.25) is 0 Å². The van der Waals surface area contributed by atoms with Crippen LogP contribution in [0.1, 0.15) is 34.8 Å². The average molecular weight is 652 g/mol. The lowest BCUT2D eigenvalue weighted by molar-refractivity contribution is -0.121. The van der Waals surface area contributed by atoms with Crippen LogP contribution in [0.5, 0.6) is 35.3 Å². The lowest BCUT2D eigenvalue weighted by atomic mass is 10.1. The lowest BCUT2D eigenvalue weighted by Crippen LogP contribution is -2.22. The Morgan fingerprint density at radius 1 is 0.396 bits per heavy atom. The zero-order valence-corrected chi connectivity index (χ0v) is 24.2. The van der Waals surface area contributed by atoms with Gasteiger partial charge >= 0.3 is 36.1 Å². The molecule has 4 aromatic rings. The van der Waals surface area contributed by atoms with Crippen molar-refractivity contribution >= 4 is 35.8 Å². The van der Waals surface area contributed by atoms with Gasteiger partial charge in [-0.25, -0.2) is 14.4 Å². The van der Waals surface area contributed by atoms with Crippen molar-refractivity contribution in [1.29, 1.82) is 0 Å². The standard InChI is InChI=1S/C30H21N9O9/c40-22-19(31-25(43)34-22)13-1-7-16(8-2-13)46-28-37-29(47-17-9-3-14(4-10-17)20-23(41)35-26(44)32-20)39-30(38-28)48-18-11-5-15(6-12-18)21-24(42)36-27(45)33-21/h1-12,19-21H,(H2,31,34,40,43)(H2,32,35,41,44)(H2,33,36,42,45). The van der Waals surface area contributed by atoms with Crippen LogP contribution in [-0.2, 0) is 14.4 Å². The number of carbonyl (C=O) groups is 6. The van der Waals surface area contributed by atoms with Crippen LogP contribution >= 0.6 is 0 Å². The number of amides is 9. The maximum Gasteiger partial charge on any atom is 0.331 e. The molecule has 48 heavy (non-hydrogen) atoms. The molecule has 0 saturated carbocycles. The number of hydrogen-bond acceptors (Lipinski definition) is 12. The molecular weight excluding hydrogens is 630 g/mol. The van der Waals surface area contributed by atoms with E-state index in [4.69, 9.17) is 14.2 Å². The van der Waals surface area contributed by atoms with Crippen LogP contribution in [0.25, 0.3) is 0 Å². The highest BCUT2D eigenvalue weighted by atomic mass is 16.5. The molecular formula is C30H21N9O9. The summed E-state index contributed by atoms with van der Waals surface area (Å²) in [7, 11) is 0. The summed E-state index contributed by atoms with van der Waals surface area (Å²) in [6.45, 7) is 0. The third-order valence-corrected chi connectivity index (χ3v) is 7.16. The van der Waals surface area contributed by atoms with Crippen molar-refractivity contribution in [3.05, 3.63) is 89.5 Å². The topological polar surface area (TPSA) is 241 Å². The summed E-state index contributed by atoms with van der Waals surface area (Å²) >= 11 is 0. The molecule has 3 aliphatic rings.